The molecule has 1 aromatic rings. The number of hydrogen-bond acceptors (Lipinski definition) is 2. The molecule has 1 rings (SSSR count). The van der Waals surface area contributed by atoms with Crippen molar-refractivity contribution >= 4 is 5.69 Å². The normalized spacial score (nSPS) is 8.82. The molecule has 0 fully saturated rings. The zero-order chi connectivity index (χ0) is 7.40. The molecule has 2 nitrogen and oxygen atoms in total. The molecule has 0 unspecified atom stereocenters. The predicted octanol–water partition coefficient (Wildman–Crippen LogP) is -2.82. The van der Waals surface area contributed by atoms with Crippen molar-refractivity contribution in [2.45, 2.75) is 6.42 Å². The fraction of sp³-hybridized carbons (Fsp3) is 0.250. The summed E-state index contributed by atoms with van der Waals surface area (Å²) in [5.41, 5.74) is 7.25. The zero-order valence-electron chi connectivity index (χ0n) is 6.71. The van der Waals surface area contributed by atoms with E-state index >= 15 is 0 Å². The molecule has 54 valence electrons. The minimum atomic E-state index is -0.0517. The maximum atomic E-state index is 10.2. The first-order chi connectivity index (χ1) is 4.83. The van der Waals surface area contributed by atoms with Crippen LogP contribution in [0.25, 0.3) is 0 Å². The maximum Gasteiger partial charge on any atom is 1.00 e. The average Bonchev–Trinajstić information content (AvgIpc) is 1.95. The standard InChI is InChI=1S/C8H10NO.K/c9-8-3-1-7(2-4-8)5-6-10;/h1-4H,5-6,9H2;/q-1;+1. The van der Waals surface area contributed by atoms with Crippen LogP contribution < -0.4 is 62.2 Å². The maximum absolute atomic E-state index is 10.2. The van der Waals surface area contributed by atoms with Crippen LogP contribution in [0.5, 0.6) is 0 Å². The van der Waals surface area contributed by atoms with Crippen LogP contribution in [0.3, 0.4) is 0 Å². The summed E-state index contributed by atoms with van der Waals surface area (Å²) in [6.45, 7) is -0.0517. The van der Waals surface area contributed by atoms with E-state index in [1.54, 1.807) is 0 Å². The van der Waals surface area contributed by atoms with Gasteiger partial charge in [-0.25, -0.2) is 0 Å². The summed E-state index contributed by atoms with van der Waals surface area (Å²) in [6.07, 6.45) is 0.597. The third-order valence-corrected chi connectivity index (χ3v) is 1.37. The van der Waals surface area contributed by atoms with Gasteiger partial charge in [-0.1, -0.05) is 12.1 Å². The summed E-state index contributed by atoms with van der Waals surface area (Å²) < 4.78 is 0. The summed E-state index contributed by atoms with van der Waals surface area (Å²) in [5, 5.41) is 10.2. The third kappa shape index (κ3) is 4.25. The molecule has 0 aliphatic rings. The van der Waals surface area contributed by atoms with Crippen LogP contribution >= 0.6 is 0 Å². The molecule has 0 amide bonds. The summed E-state index contributed by atoms with van der Waals surface area (Å²) in [5.74, 6) is 0. The van der Waals surface area contributed by atoms with Gasteiger partial charge in [-0.15, -0.1) is 6.61 Å². The molecule has 2 N–H and O–H groups in total. The van der Waals surface area contributed by atoms with Gasteiger partial charge >= 0.3 is 51.4 Å². The molecule has 0 aliphatic heterocycles. The SMILES string of the molecule is Nc1ccc(CC[O-])cc1.[K+]. The molecule has 0 aliphatic carbocycles. The van der Waals surface area contributed by atoms with E-state index in [1.807, 2.05) is 24.3 Å². The van der Waals surface area contributed by atoms with E-state index < -0.39 is 0 Å². The first-order valence-electron chi connectivity index (χ1n) is 3.25. The second-order valence-corrected chi connectivity index (χ2v) is 2.20. The summed E-state index contributed by atoms with van der Waals surface area (Å²) in [7, 11) is 0. The van der Waals surface area contributed by atoms with Crippen LogP contribution in [-0.4, -0.2) is 6.61 Å². The predicted molar refractivity (Wildman–Crippen MR) is 39.4 cm³/mol. The van der Waals surface area contributed by atoms with Crippen molar-refractivity contribution in [2.24, 2.45) is 0 Å². The summed E-state index contributed by atoms with van der Waals surface area (Å²) >= 11 is 0. The summed E-state index contributed by atoms with van der Waals surface area (Å²) in [6, 6.07) is 7.39. The smallest absolute Gasteiger partial charge is 0.854 e. The van der Waals surface area contributed by atoms with Gasteiger partial charge in [0, 0.05) is 5.69 Å². The van der Waals surface area contributed by atoms with Crippen molar-refractivity contribution < 1.29 is 56.5 Å². The Kier molecular flexibility index (Phi) is 6.51. The van der Waals surface area contributed by atoms with E-state index in [2.05, 4.69) is 0 Å². The molecule has 3 heteroatoms. The van der Waals surface area contributed by atoms with Crippen molar-refractivity contribution in [1.29, 1.82) is 0 Å². The molecule has 0 saturated heterocycles. The molecule has 1 aromatic carbocycles. The van der Waals surface area contributed by atoms with Crippen molar-refractivity contribution in [3.05, 3.63) is 29.8 Å². The van der Waals surface area contributed by atoms with E-state index in [0.29, 0.717) is 6.42 Å². The van der Waals surface area contributed by atoms with E-state index in [-0.39, 0.29) is 58.0 Å². The van der Waals surface area contributed by atoms with Gasteiger partial charge in [0.1, 0.15) is 0 Å². The van der Waals surface area contributed by atoms with Crippen molar-refractivity contribution in [3.8, 4) is 0 Å². The van der Waals surface area contributed by atoms with Crippen LogP contribution in [0.2, 0.25) is 0 Å². The van der Waals surface area contributed by atoms with E-state index in [0.717, 1.165) is 11.3 Å². The Morgan fingerprint density at radius 1 is 1.18 bits per heavy atom. The van der Waals surface area contributed by atoms with Crippen molar-refractivity contribution in [3.63, 3.8) is 0 Å². The Morgan fingerprint density at radius 2 is 1.73 bits per heavy atom. The first kappa shape index (κ1) is 11.6. The van der Waals surface area contributed by atoms with Gasteiger partial charge in [0.25, 0.3) is 0 Å². The fourth-order valence-corrected chi connectivity index (χ4v) is 0.802. The quantitative estimate of drug-likeness (QED) is 0.389. The number of hydrogen-bond donors (Lipinski definition) is 1. The van der Waals surface area contributed by atoms with Crippen LogP contribution in [0.1, 0.15) is 5.56 Å². The Labute approximate surface area is 109 Å². The van der Waals surface area contributed by atoms with Gasteiger partial charge in [-0.05, 0) is 24.1 Å². The second kappa shape index (κ2) is 6.17. The fourth-order valence-electron chi connectivity index (χ4n) is 0.802. The topological polar surface area (TPSA) is 49.1 Å². The van der Waals surface area contributed by atoms with Gasteiger partial charge in [0.15, 0.2) is 0 Å². The molecular formula is C8H10KNO. The number of benzene rings is 1. The van der Waals surface area contributed by atoms with Gasteiger partial charge in [0.2, 0.25) is 0 Å². The number of rotatable bonds is 2. The van der Waals surface area contributed by atoms with Crippen LogP contribution in [-0.2, 0) is 6.42 Å². The molecule has 0 heterocycles. The Bertz CT molecular complexity index is 198. The van der Waals surface area contributed by atoms with Gasteiger partial charge in [0.05, 0.1) is 0 Å². The van der Waals surface area contributed by atoms with E-state index in [1.165, 1.54) is 0 Å². The first-order valence-corrected chi connectivity index (χ1v) is 3.25. The Hall–Kier alpha value is 0.616. The minimum Gasteiger partial charge on any atom is -0.854 e. The van der Waals surface area contributed by atoms with Crippen molar-refractivity contribution in [2.75, 3.05) is 12.3 Å². The molecule has 0 saturated carbocycles. The Morgan fingerprint density at radius 3 is 2.18 bits per heavy atom. The average molecular weight is 175 g/mol. The number of nitrogens with two attached hydrogens (primary N) is 1. The van der Waals surface area contributed by atoms with E-state index in [4.69, 9.17) is 5.73 Å². The van der Waals surface area contributed by atoms with Gasteiger partial charge < -0.3 is 10.8 Å². The van der Waals surface area contributed by atoms with Crippen molar-refractivity contribution in [1.82, 2.24) is 0 Å². The minimum absolute atomic E-state index is 0. The molecule has 0 bridgehead atoms. The molecule has 0 aromatic heterocycles. The monoisotopic (exact) mass is 175 g/mol. The number of nitrogen functional groups attached to an aromatic ring is 1. The number of anilines is 1. The molecule has 0 radical (unpaired) electrons. The van der Waals surface area contributed by atoms with Crippen LogP contribution in [0, 0.1) is 0 Å². The Balaban J connectivity index is 0.000001000. The zero-order valence-corrected chi connectivity index (χ0v) is 9.83. The molecule has 0 spiro atoms. The molecule has 0 atom stereocenters. The third-order valence-electron chi connectivity index (χ3n) is 1.37. The van der Waals surface area contributed by atoms with Gasteiger partial charge in [-0.2, -0.15) is 0 Å². The largest absolute Gasteiger partial charge is 1.00 e. The molecule has 11 heavy (non-hydrogen) atoms. The summed E-state index contributed by atoms with van der Waals surface area (Å²) in [4.78, 5) is 0. The van der Waals surface area contributed by atoms with Gasteiger partial charge in [-0.3, -0.25) is 0 Å². The molecular weight excluding hydrogens is 165 g/mol. The van der Waals surface area contributed by atoms with E-state index in [9.17, 15) is 5.11 Å². The van der Waals surface area contributed by atoms with Crippen LogP contribution in [0.15, 0.2) is 24.3 Å². The van der Waals surface area contributed by atoms with Crippen LogP contribution in [0.4, 0.5) is 5.69 Å². The second-order valence-electron chi connectivity index (χ2n) is 2.20.